The van der Waals surface area contributed by atoms with Crippen molar-refractivity contribution in [3.8, 4) is 0 Å². The second kappa shape index (κ2) is 5.72. The number of aryl methyl sites for hydroxylation is 2. The van der Waals surface area contributed by atoms with Crippen LogP contribution in [0.25, 0.3) is 21.5 Å². The lowest BCUT2D eigenvalue weighted by molar-refractivity contribution is 0.456. The summed E-state index contributed by atoms with van der Waals surface area (Å²) >= 11 is 0. The maximum Gasteiger partial charge on any atom is 0.343 e. The molecular weight excluding hydrogens is 260 g/mol. The second-order valence-electron chi connectivity index (χ2n) is 5.54. The molecule has 2 aromatic carbocycles. The van der Waals surface area contributed by atoms with E-state index in [1.165, 1.54) is 10.9 Å². The lowest BCUT2D eigenvalue weighted by Crippen LogP contribution is -2.07. The third-order valence-corrected chi connectivity index (χ3v) is 3.96. The van der Waals surface area contributed by atoms with Crippen LogP contribution in [-0.2, 0) is 12.8 Å². The molecule has 0 fully saturated rings. The molecule has 108 valence electrons. The summed E-state index contributed by atoms with van der Waals surface area (Å²) in [4.78, 5) is 12.3. The van der Waals surface area contributed by atoms with Crippen molar-refractivity contribution in [1.29, 1.82) is 0 Å². The first-order chi connectivity index (χ1) is 10.2. The van der Waals surface area contributed by atoms with Crippen LogP contribution in [-0.4, -0.2) is 0 Å². The first kappa shape index (κ1) is 13.9. The number of hydrogen-bond acceptors (Lipinski definition) is 2. The smallest absolute Gasteiger partial charge is 0.343 e. The minimum Gasteiger partial charge on any atom is -0.427 e. The van der Waals surface area contributed by atoms with Crippen molar-refractivity contribution in [3.05, 3.63) is 58.1 Å². The third-order valence-electron chi connectivity index (χ3n) is 3.96. The number of hydrogen-bond donors (Lipinski definition) is 0. The first-order valence-electron chi connectivity index (χ1n) is 7.72. The minimum atomic E-state index is -0.209. The Kier molecular flexibility index (Phi) is 3.78. The average molecular weight is 280 g/mol. The molecule has 1 aromatic heterocycles. The molecule has 0 unspecified atom stereocenters. The van der Waals surface area contributed by atoms with E-state index in [2.05, 4.69) is 26.0 Å². The highest BCUT2D eigenvalue weighted by atomic mass is 16.4. The van der Waals surface area contributed by atoms with Crippen LogP contribution in [0.5, 0.6) is 0 Å². The SMILES string of the molecule is CCCc1oc(=O)c2cc3ccccc3cc2c1CCC. The van der Waals surface area contributed by atoms with E-state index in [4.69, 9.17) is 4.42 Å². The van der Waals surface area contributed by atoms with Crippen molar-refractivity contribution in [1.82, 2.24) is 0 Å². The highest BCUT2D eigenvalue weighted by molar-refractivity contribution is 5.99. The number of fused-ring (bicyclic) bond motifs is 2. The molecule has 0 amide bonds. The molecule has 3 aromatic rings. The van der Waals surface area contributed by atoms with E-state index in [-0.39, 0.29) is 5.63 Å². The van der Waals surface area contributed by atoms with Gasteiger partial charge >= 0.3 is 5.63 Å². The van der Waals surface area contributed by atoms with Crippen LogP contribution in [0.1, 0.15) is 38.0 Å². The van der Waals surface area contributed by atoms with Gasteiger partial charge in [-0.1, -0.05) is 44.5 Å². The van der Waals surface area contributed by atoms with Gasteiger partial charge in [0.25, 0.3) is 0 Å². The Labute approximate surface area is 124 Å². The zero-order valence-corrected chi connectivity index (χ0v) is 12.6. The fourth-order valence-electron chi connectivity index (χ4n) is 2.99. The Hall–Kier alpha value is -2.09. The summed E-state index contributed by atoms with van der Waals surface area (Å²) in [5, 5.41) is 4.03. The summed E-state index contributed by atoms with van der Waals surface area (Å²) in [5.74, 6) is 0.868. The zero-order valence-electron chi connectivity index (χ0n) is 12.6. The number of benzene rings is 2. The van der Waals surface area contributed by atoms with E-state index >= 15 is 0 Å². The predicted octanol–water partition coefficient (Wildman–Crippen LogP) is 4.85. The molecule has 21 heavy (non-hydrogen) atoms. The van der Waals surface area contributed by atoms with Gasteiger partial charge < -0.3 is 4.42 Å². The van der Waals surface area contributed by atoms with E-state index in [1.807, 2.05) is 24.3 Å². The Balaban J connectivity index is 2.40. The second-order valence-corrected chi connectivity index (χ2v) is 5.54. The van der Waals surface area contributed by atoms with E-state index in [1.54, 1.807) is 0 Å². The predicted molar refractivity (Wildman–Crippen MR) is 88.0 cm³/mol. The van der Waals surface area contributed by atoms with Crippen molar-refractivity contribution in [2.45, 2.75) is 39.5 Å². The fourth-order valence-corrected chi connectivity index (χ4v) is 2.99. The van der Waals surface area contributed by atoms with Gasteiger partial charge in [-0.25, -0.2) is 4.79 Å². The van der Waals surface area contributed by atoms with Gasteiger partial charge in [-0.2, -0.15) is 0 Å². The lowest BCUT2D eigenvalue weighted by atomic mass is 9.97. The Morgan fingerprint density at radius 2 is 1.52 bits per heavy atom. The molecule has 0 spiro atoms. The van der Waals surface area contributed by atoms with Gasteiger partial charge in [0.2, 0.25) is 0 Å². The molecule has 0 aliphatic rings. The summed E-state index contributed by atoms with van der Waals surface area (Å²) in [6.07, 6.45) is 3.81. The van der Waals surface area contributed by atoms with E-state index in [0.717, 1.165) is 42.2 Å². The highest BCUT2D eigenvalue weighted by Gasteiger charge is 2.13. The topological polar surface area (TPSA) is 30.2 Å². The summed E-state index contributed by atoms with van der Waals surface area (Å²) in [6, 6.07) is 12.3. The van der Waals surface area contributed by atoms with E-state index in [9.17, 15) is 4.79 Å². The van der Waals surface area contributed by atoms with E-state index in [0.29, 0.717) is 5.39 Å². The van der Waals surface area contributed by atoms with Crippen molar-refractivity contribution in [2.24, 2.45) is 0 Å². The van der Waals surface area contributed by atoms with Crippen LogP contribution in [0, 0.1) is 0 Å². The van der Waals surface area contributed by atoms with E-state index < -0.39 is 0 Å². The molecule has 0 aliphatic heterocycles. The molecule has 1 heterocycles. The van der Waals surface area contributed by atoms with Crippen LogP contribution in [0.15, 0.2) is 45.6 Å². The molecule has 2 heteroatoms. The minimum absolute atomic E-state index is 0.209. The fraction of sp³-hybridized carbons (Fsp3) is 0.316. The summed E-state index contributed by atoms with van der Waals surface area (Å²) in [7, 11) is 0. The van der Waals surface area contributed by atoms with Gasteiger partial charge in [0.05, 0.1) is 5.39 Å². The first-order valence-corrected chi connectivity index (χ1v) is 7.72. The van der Waals surface area contributed by atoms with Gasteiger partial charge in [-0.05, 0) is 46.7 Å². The van der Waals surface area contributed by atoms with Gasteiger partial charge in [-0.3, -0.25) is 0 Å². The average Bonchev–Trinajstić information content (AvgIpc) is 2.50. The summed E-state index contributed by atoms with van der Waals surface area (Å²) in [6.45, 7) is 4.27. The van der Waals surface area contributed by atoms with Gasteiger partial charge in [0, 0.05) is 6.42 Å². The van der Waals surface area contributed by atoms with Crippen LogP contribution in [0.4, 0.5) is 0 Å². The van der Waals surface area contributed by atoms with Gasteiger partial charge in [0.1, 0.15) is 5.76 Å². The van der Waals surface area contributed by atoms with Crippen molar-refractivity contribution < 1.29 is 4.42 Å². The molecule has 0 aliphatic carbocycles. The maximum absolute atomic E-state index is 12.3. The number of rotatable bonds is 4. The van der Waals surface area contributed by atoms with Crippen LogP contribution >= 0.6 is 0 Å². The molecule has 0 saturated carbocycles. The Morgan fingerprint density at radius 3 is 2.14 bits per heavy atom. The Morgan fingerprint density at radius 1 is 0.905 bits per heavy atom. The monoisotopic (exact) mass is 280 g/mol. The van der Waals surface area contributed by atoms with Crippen LogP contribution < -0.4 is 5.63 Å². The largest absolute Gasteiger partial charge is 0.427 e. The van der Waals surface area contributed by atoms with Crippen LogP contribution in [0.2, 0.25) is 0 Å². The Bertz CT molecular complexity index is 843. The summed E-state index contributed by atoms with van der Waals surface area (Å²) < 4.78 is 5.61. The standard InChI is InChI=1S/C19H20O2/c1-3-7-15-16-11-13-9-5-6-10-14(13)12-17(16)19(20)21-18(15)8-4-2/h5-6,9-12H,3-4,7-8H2,1-2H3. The molecule has 0 bridgehead atoms. The molecule has 3 rings (SSSR count). The quantitative estimate of drug-likeness (QED) is 0.639. The normalized spacial score (nSPS) is 11.3. The maximum atomic E-state index is 12.3. The van der Waals surface area contributed by atoms with Crippen molar-refractivity contribution in [3.63, 3.8) is 0 Å². The van der Waals surface area contributed by atoms with Crippen molar-refractivity contribution in [2.75, 3.05) is 0 Å². The van der Waals surface area contributed by atoms with Crippen LogP contribution in [0.3, 0.4) is 0 Å². The van der Waals surface area contributed by atoms with Gasteiger partial charge in [-0.15, -0.1) is 0 Å². The molecule has 2 nitrogen and oxygen atoms in total. The molecular formula is C19H20O2. The molecule has 0 saturated heterocycles. The summed E-state index contributed by atoms with van der Waals surface area (Å²) in [5.41, 5.74) is 0.999. The highest BCUT2D eigenvalue weighted by Crippen LogP contribution is 2.27. The zero-order chi connectivity index (χ0) is 14.8. The van der Waals surface area contributed by atoms with Gasteiger partial charge in [0.15, 0.2) is 0 Å². The molecule has 0 radical (unpaired) electrons. The molecule has 0 atom stereocenters. The van der Waals surface area contributed by atoms with Crippen molar-refractivity contribution >= 4 is 21.5 Å². The molecule has 0 N–H and O–H groups in total. The lowest BCUT2D eigenvalue weighted by Gasteiger charge is -2.11. The third kappa shape index (κ3) is 2.46.